The minimum atomic E-state index is 0.277. The van der Waals surface area contributed by atoms with Gasteiger partial charge in [0, 0.05) is 6.20 Å². The lowest BCUT2D eigenvalue weighted by Gasteiger charge is -1.85. The van der Waals surface area contributed by atoms with Crippen molar-refractivity contribution in [1.29, 1.82) is 10.5 Å². The molecule has 3 heteroatoms. The van der Waals surface area contributed by atoms with Gasteiger partial charge in [-0.1, -0.05) is 0 Å². The van der Waals surface area contributed by atoms with E-state index >= 15 is 0 Å². The Morgan fingerprint density at radius 2 is 2.10 bits per heavy atom. The molecule has 1 aromatic rings. The summed E-state index contributed by atoms with van der Waals surface area (Å²) in [7, 11) is 0. The summed E-state index contributed by atoms with van der Waals surface area (Å²) in [6, 6.07) is 6.75. The predicted molar refractivity (Wildman–Crippen MR) is 33.7 cm³/mol. The van der Waals surface area contributed by atoms with Crippen molar-refractivity contribution in [3.63, 3.8) is 0 Å². The smallest absolute Gasteiger partial charge is 0.141 e. The van der Waals surface area contributed by atoms with Gasteiger partial charge < -0.3 is 0 Å². The van der Waals surface area contributed by atoms with Gasteiger partial charge in [-0.25, -0.2) is 4.98 Å². The average molecular weight is 129 g/mol. The standard InChI is InChI=1S/C7H3N3/c8-4-6-1-2-10-7(3-6)5-9/h1-3H. The van der Waals surface area contributed by atoms with Crippen LogP contribution in [0, 0.1) is 22.7 Å². The molecule has 0 saturated carbocycles. The van der Waals surface area contributed by atoms with Crippen LogP contribution in [0.5, 0.6) is 0 Å². The first-order valence-electron chi connectivity index (χ1n) is 2.63. The molecule has 0 aliphatic carbocycles. The molecule has 0 unspecified atom stereocenters. The molecule has 3 nitrogen and oxygen atoms in total. The fourth-order valence-corrected chi connectivity index (χ4v) is 0.561. The second kappa shape index (κ2) is 2.61. The molecule has 46 valence electrons. The molecule has 0 amide bonds. The van der Waals surface area contributed by atoms with Gasteiger partial charge in [-0.15, -0.1) is 0 Å². The maximum absolute atomic E-state index is 8.37. The maximum Gasteiger partial charge on any atom is 0.141 e. The SMILES string of the molecule is N#Cc1ccnc(C#N)c1. The van der Waals surface area contributed by atoms with Crippen LogP contribution in [0.4, 0.5) is 0 Å². The van der Waals surface area contributed by atoms with Crippen molar-refractivity contribution < 1.29 is 0 Å². The summed E-state index contributed by atoms with van der Waals surface area (Å²) < 4.78 is 0. The molecule has 0 radical (unpaired) electrons. The van der Waals surface area contributed by atoms with E-state index in [0.717, 1.165) is 0 Å². The summed E-state index contributed by atoms with van der Waals surface area (Å²) in [4.78, 5) is 3.69. The van der Waals surface area contributed by atoms with Gasteiger partial charge >= 0.3 is 0 Å². The van der Waals surface area contributed by atoms with E-state index in [1.54, 1.807) is 6.07 Å². The van der Waals surface area contributed by atoms with Crippen molar-refractivity contribution >= 4 is 0 Å². The lowest BCUT2D eigenvalue weighted by atomic mass is 10.2. The largest absolute Gasteiger partial charge is 0.245 e. The Morgan fingerprint density at radius 3 is 2.70 bits per heavy atom. The van der Waals surface area contributed by atoms with Gasteiger partial charge in [0.2, 0.25) is 0 Å². The molecule has 0 aromatic carbocycles. The molecule has 1 heterocycles. The van der Waals surface area contributed by atoms with E-state index in [-0.39, 0.29) is 5.69 Å². The van der Waals surface area contributed by atoms with Crippen molar-refractivity contribution in [2.75, 3.05) is 0 Å². The zero-order valence-electron chi connectivity index (χ0n) is 5.07. The van der Waals surface area contributed by atoms with E-state index < -0.39 is 0 Å². The number of pyridine rings is 1. The number of nitriles is 2. The molecular weight excluding hydrogens is 126 g/mol. The van der Waals surface area contributed by atoms with E-state index in [9.17, 15) is 0 Å². The highest BCUT2D eigenvalue weighted by Gasteiger charge is 1.91. The number of aromatic nitrogens is 1. The minimum absolute atomic E-state index is 0.277. The Bertz CT molecular complexity index is 287. The van der Waals surface area contributed by atoms with Crippen molar-refractivity contribution in [3.05, 3.63) is 29.6 Å². The van der Waals surface area contributed by atoms with Crippen LogP contribution in [0.15, 0.2) is 18.3 Å². The highest BCUT2D eigenvalue weighted by molar-refractivity contribution is 5.33. The fourth-order valence-electron chi connectivity index (χ4n) is 0.561. The Kier molecular flexibility index (Phi) is 1.63. The molecular formula is C7H3N3. The third-order valence-corrected chi connectivity index (χ3v) is 1.00. The molecule has 0 aliphatic rings. The number of hydrogen-bond donors (Lipinski definition) is 0. The zero-order valence-corrected chi connectivity index (χ0v) is 5.07. The van der Waals surface area contributed by atoms with E-state index in [0.29, 0.717) is 5.56 Å². The normalized spacial score (nSPS) is 7.80. The molecule has 0 bridgehead atoms. The molecule has 10 heavy (non-hydrogen) atoms. The summed E-state index contributed by atoms with van der Waals surface area (Å²) in [5, 5.41) is 16.7. The van der Waals surface area contributed by atoms with Gasteiger partial charge in [0.1, 0.15) is 11.8 Å². The summed E-state index contributed by atoms with van der Waals surface area (Å²) >= 11 is 0. The maximum atomic E-state index is 8.37. The van der Waals surface area contributed by atoms with Gasteiger partial charge in [0.25, 0.3) is 0 Å². The zero-order chi connectivity index (χ0) is 7.40. The quantitative estimate of drug-likeness (QED) is 0.521. The van der Waals surface area contributed by atoms with Crippen molar-refractivity contribution in [2.24, 2.45) is 0 Å². The van der Waals surface area contributed by atoms with E-state index in [2.05, 4.69) is 4.98 Å². The third kappa shape index (κ3) is 1.10. The van der Waals surface area contributed by atoms with Crippen LogP contribution in [0.3, 0.4) is 0 Å². The van der Waals surface area contributed by atoms with Crippen molar-refractivity contribution in [1.82, 2.24) is 4.98 Å². The van der Waals surface area contributed by atoms with E-state index in [1.165, 1.54) is 12.3 Å². The predicted octanol–water partition coefficient (Wildman–Crippen LogP) is 0.825. The average Bonchev–Trinajstić information content (AvgIpc) is 2.05. The van der Waals surface area contributed by atoms with E-state index in [4.69, 9.17) is 10.5 Å². The second-order valence-electron chi connectivity index (χ2n) is 1.65. The highest BCUT2D eigenvalue weighted by atomic mass is 14.7. The van der Waals surface area contributed by atoms with Crippen LogP contribution in [0.2, 0.25) is 0 Å². The summed E-state index contributed by atoms with van der Waals surface area (Å²) in [6.07, 6.45) is 1.44. The Hall–Kier alpha value is -1.87. The first kappa shape index (κ1) is 6.25. The van der Waals surface area contributed by atoms with Gasteiger partial charge in [-0.2, -0.15) is 10.5 Å². The molecule has 0 atom stereocenters. The van der Waals surface area contributed by atoms with Gasteiger partial charge in [-0.3, -0.25) is 0 Å². The summed E-state index contributed by atoms with van der Waals surface area (Å²) in [6.45, 7) is 0. The number of nitrogens with zero attached hydrogens (tertiary/aromatic N) is 3. The summed E-state index contributed by atoms with van der Waals surface area (Å²) in [5.41, 5.74) is 0.741. The minimum Gasteiger partial charge on any atom is -0.245 e. The summed E-state index contributed by atoms with van der Waals surface area (Å²) in [5.74, 6) is 0. The van der Waals surface area contributed by atoms with Crippen LogP contribution in [-0.2, 0) is 0 Å². The molecule has 0 fully saturated rings. The Balaban J connectivity index is 3.17. The number of hydrogen-bond acceptors (Lipinski definition) is 3. The molecule has 0 N–H and O–H groups in total. The molecule has 0 spiro atoms. The lowest BCUT2D eigenvalue weighted by molar-refractivity contribution is 1.25. The van der Waals surface area contributed by atoms with Crippen LogP contribution in [0.1, 0.15) is 11.3 Å². The Labute approximate surface area is 58.2 Å². The van der Waals surface area contributed by atoms with Crippen molar-refractivity contribution in [3.8, 4) is 12.1 Å². The lowest BCUT2D eigenvalue weighted by Crippen LogP contribution is -1.81. The first-order valence-corrected chi connectivity index (χ1v) is 2.63. The van der Waals surface area contributed by atoms with Crippen LogP contribution >= 0.6 is 0 Å². The fraction of sp³-hybridized carbons (Fsp3) is 0. The van der Waals surface area contributed by atoms with Crippen LogP contribution in [0.25, 0.3) is 0 Å². The van der Waals surface area contributed by atoms with Gasteiger partial charge in [0.05, 0.1) is 11.6 Å². The van der Waals surface area contributed by atoms with Gasteiger partial charge in [-0.05, 0) is 12.1 Å². The number of rotatable bonds is 0. The van der Waals surface area contributed by atoms with Crippen LogP contribution < -0.4 is 0 Å². The van der Waals surface area contributed by atoms with E-state index in [1.807, 2.05) is 12.1 Å². The van der Waals surface area contributed by atoms with Crippen molar-refractivity contribution in [2.45, 2.75) is 0 Å². The molecule has 0 saturated heterocycles. The molecule has 1 rings (SSSR count). The highest BCUT2D eigenvalue weighted by Crippen LogP contribution is 1.97. The van der Waals surface area contributed by atoms with Crippen LogP contribution in [-0.4, -0.2) is 4.98 Å². The monoisotopic (exact) mass is 129 g/mol. The molecule has 0 aliphatic heterocycles. The topological polar surface area (TPSA) is 60.5 Å². The third-order valence-electron chi connectivity index (χ3n) is 1.00. The van der Waals surface area contributed by atoms with Gasteiger partial charge in [0.15, 0.2) is 0 Å². The second-order valence-corrected chi connectivity index (χ2v) is 1.65. The molecule has 1 aromatic heterocycles. The Morgan fingerprint density at radius 1 is 1.30 bits per heavy atom. The first-order chi connectivity index (χ1) is 4.86.